The summed E-state index contributed by atoms with van der Waals surface area (Å²) in [6.07, 6.45) is 1.99. The summed E-state index contributed by atoms with van der Waals surface area (Å²) in [6, 6.07) is 0. The molecule has 0 spiro atoms. The average molecular weight is 276 g/mol. The standard InChI is InChI=1S/C9H11Cl2N5O/c10-6-7(14-9(11)16-15-6)12-3-4-13-8(17)5-1-2-5/h5H,1-4H2,(H,13,17)(H,12,14,16). The summed E-state index contributed by atoms with van der Waals surface area (Å²) in [6.45, 7) is 1.01. The van der Waals surface area contributed by atoms with E-state index in [1.807, 2.05) is 0 Å². The molecule has 1 fully saturated rings. The summed E-state index contributed by atoms with van der Waals surface area (Å²) in [7, 11) is 0. The Labute approximate surface area is 108 Å². The molecule has 6 nitrogen and oxygen atoms in total. The lowest BCUT2D eigenvalue weighted by Gasteiger charge is -2.07. The predicted octanol–water partition coefficient (Wildman–Crippen LogP) is 1.12. The van der Waals surface area contributed by atoms with Gasteiger partial charge in [0.2, 0.25) is 11.2 Å². The SMILES string of the molecule is O=C(NCCNc1nc(Cl)nnc1Cl)C1CC1. The number of halogens is 2. The first kappa shape index (κ1) is 12.3. The summed E-state index contributed by atoms with van der Waals surface area (Å²) in [5, 5.41) is 13.0. The van der Waals surface area contributed by atoms with Crippen LogP contribution >= 0.6 is 23.2 Å². The second kappa shape index (κ2) is 5.46. The maximum absolute atomic E-state index is 11.3. The van der Waals surface area contributed by atoms with E-state index in [1.54, 1.807) is 0 Å². The van der Waals surface area contributed by atoms with Gasteiger partial charge in [-0.25, -0.2) is 0 Å². The highest BCUT2D eigenvalue weighted by atomic mass is 35.5. The summed E-state index contributed by atoms with van der Waals surface area (Å²) >= 11 is 11.3. The molecule has 0 atom stereocenters. The van der Waals surface area contributed by atoms with Crippen LogP contribution in [-0.2, 0) is 4.79 Å². The van der Waals surface area contributed by atoms with Gasteiger partial charge in [-0.15, -0.1) is 10.2 Å². The number of carbonyl (C=O) groups is 1. The summed E-state index contributed by atoms with van der Waals surface area (Å²) in [4.78, 5) is 15.2. The number of hydrogen-bond acceptors (Lipinski definition) is 5. The molecule has 1 heterocycles. The molecule has 1 aromatic heterocycles. The zero-order valence-electron chi connectivity index (χ0n) is 8.91. The van der Waals surface area contributed by atoms with Gasteiger partial charge in [-0.3, -0.25) is 4.79 Å². The maximum Gasteiger partial charge on any atom is 0.245 e. The normalized spacial score (nSPS) is 14.5. The lowest BCUT2D eigenvalue weighted by molar-refractivity contribution is -0.122. The molecule has 1 saturated carbocycles. The summed E-state index contributed by atoms with van der Waals surface area (Å²) in [5.41, 5.74) is 0. The monoisotopic (exact) mass is 275 g/mol. The van der Waals surface area contributed by atoms with E-state index in [2.05, 4.69) is 25.8 Å². The Morgan fingerprint density at radius 1 is 1.29 bits per heavy atom. The smallest absolute Gasteiger partial charge is 0.245 e. The number of rotatable bonds is 5. The van der Waals surface area contributed by atoms with Crippen molar-refractivity contribution >= 4 is 34.9 Å². The van der Waals surface area contributed by atoms with E-state index in [4.69, 9.17) is 23.2 Å². The second-order valence-corrected chi connectivity index (χ2v) is 4.41. The van der Waals surface area contributed by atoms with Gasteiger partial charge >= 0.3 is 0 Å². The molecule has 1 amide bonds. The molecule has 0 aliphatic heterocycles. The zero-order chi connectivity index (χ0) is 12.3. The molecule has 0 saturated heterocycles. The third-order valence-electron chi connectivity index (χ3n) is 2.28. The molecule has 8 heteroatoms. The van der Waals surface area contributed by atoms with Crippen molar-refractivity contribution in [1.82, 2.24) is 20.5 Å². The molecule has 17 heavy (non-hydrogen) atoms. The number of carbonyl (C=O) groups excluding carboxylic acids is 1. The van der Waals surface area contributed by atoms with Gasteiger partial charge in [-0.1, -0.05) is 11.6 Å². The van der Waals surface area contributed by atoms with Crippen molar-refractivity contribution < 1.29 is 4.79 Å². The summed E-state index contributed by atoms with van der Waals surface area (Å²) in [5.74, 6) is 0.692. The second-order valence-electron chi connectivity index (χ2n) is 3.71. The van der Waals surface area contributed by atoms with Gasteiger partial charge < -0.3 is 10.6 Å². The Morgan fingerprint density at radius 2 is 2.06 bits per heavy atom. The first-order valence-electron chi connectivity index (χ1n) is 5.24. The molecular weight excluding hydrogens is 265 g/mol. The highest BCUT2D eigenvalue weighted by Gasteiger charge is 2.28. The van der Waals surface area contributed by atoms with Gasteiger partial charge in [0, 0.05) is 19.0 Å². The lowest BCUT2D eigenvalue weighted by atomic mass is 10.4. The molecule has 2 rings (SSSR count). The Balaban J connectivity index is 1.73. The van der Waals surface area contributed by atoms with E-state index in [9.17, 15) is 4.79 Å². The van der Waals surface area contributed by atoms with Crippen LogP contribution in [0.1, 0.15) is 12.8 Å². The molecule has 0 radical (unpaired) electrons. The molecule has 1 aliphatic carbocycles. The molecule has 0 aromatic carbocycles. The minimum absolute atomic E-state index is 0.0268. The minimum Gasteiger partial charge on any atom is -0.366 e. The van der Waals surface area contributed by atoms with E-state index in [1.165, 1.54) is 0 Å². The number of anilines is 1. The molecular formula is C9H11Cl2N5O. The molecule has 1 aliphatic rings. The first-order valence-corrected chi connectivity index (χ1v) is 5.99. The predicted molar refractivity (Wildman–Crippen MR) is 64.1 cm³/mol. The van der Waals surface area contributed by atoms with Gasteiger partial charge in [-0.2, -0.15) is 4.98 Å². The van der Waals surface area contributed by atoms with E-state index < -0.39 is 0 Å². The Hall–Kier alpha value is -1.14. The first-order chi connectivity index (χ1) is 8.16. The fourth-order valence-electron chi connectivity index (χ4n) is 1.26. The van der Waals surface area contributed by atoms with Gasteiger partial charge in [0.25, 0.3) is 0 Å². The van der Waals surface area contributed by atoms with E-state index in [0.29, 0.717) is 18.9 Å². The van der Waals surface area contributed by atoms with Crippen LogP contribution in [0.3, 0.4) is 0 Å². The number of hydrogen-bond donors (Lipinski definition) is 2. The van der Waals surface area contributed by atoms with Gasteiger partial charge in [0.15, 0.2) is 11.0 Å². The van der Waals surface area contributed by atoms with Crippen molar-refractivity contribution in [2.75, 3.05) is 18.4 Å². The Morgan fingerprint density at radius 3 is 2.76 bits per heavy atom. The number of amides is 1. The van der Waals surface area contributed by atoms with Crippen molar-refractivity contribution in [3.05, 3.63) is 10.4 Å². The van der Waals surface area contributed by atoms with Crippen molar-refractivity contribution in [3.8, 4) is 0 Å². The fraction of sp³-hybridized carbons (Fsp3) is 0.556. The number of nitrogens with zero attached hydrogens (tertiary/aromatic N) is 3. The van der Waals surface area contributed by atoms with Crippen LogP contribution in [0.5, 0.6) is 0 Å². The highest BCUT2D eigenvalue weighted by molar-refractivity contribution is 6.32. The van der Waals surface area contributed by atoms with Gasteiger partial charge in [-0.05, 0) is 24.4 Å². The third kappa shape index (κ3) is 3.67. The maximum atomic E-state index is 11.3. The summed E-state index contributed by atoms with van der Waals surface area (Å²) < 4.78 is 0. The van der Waals surface area contributed by atoms with Crippen LogP contribution in [0.4, 0.5) is 5.82 Å². The molecule has 1 aromatic rings. The van der Waals surface area contributed by atoms with Crippen molar-refractivity contribution in [1.29, 1.82) is 0 Å². The number of aromatic nitrogens is 3. The van der Waals surface area contributed by atoms with Crippen LogP contribution in [0, 0.1) is 5.92 Å². The van der Waals surface area contributed by atoms with E-state index >= 15 is 0 Å². The Kier molecular flexibility index (Phi) is 3.96. The number of nitrogens with one attached hydrogen (secondary N) is 2. The topological polar surface area (TPSA) is 79.8 Å². The third-order valence-corrected chi connectivity index (χ3v) is 2.70. The molecule has 2 N–H and O–H groups in total. The van der Waals surface area contributed by atoms with Gasteiger partial charge in [0.05, 0.1) is 0 Å². The van der Waals surface area contributed by atoms with Crippen LogP contribution in [0.15, 0.2) is 0 Å². The van der Waals surface area contributed by atoms with Crippen LogP contribution in [0.2, 0.25) is 10.4 Å². The van der Waals surface area contributed by atoms with Crippen molar-refractivity contribution in [2.24, 2.45) is 5.92 Å². The van der Waals surface area contributed by atoms with Crippen molar-refractivity contribution in [3.63, 3.8) is 0 Å². The molecule has 0 bridgehead atoms. The Bertz CT molecular complexity index is 424. The fourth-order valence-corrected chi connectivity index (χ4v) is 1.53. The van der Waals surface area contributed by atoms with Crippen LogP contribution < -0.4 is 10.6 Å². The van der Waals surface area contributed by atoms with Crippen LogP contribution in [-0.4, -0.2) is 34.2 Å². The average Bonchev–Trinajstić information content (AvgIpc) is 3.12. The minimum atomic E-state index is 0.0268. The van der Waals surface area contributed by atoms with E-state index in [0.717, 1.165) is 12.8 Å². The lowest BCUT2D eigenvalue weighted by Crippen LogP contribution is -2.30. The largest absolute Gasteiger partial charge is 0.366 e. The quantitative estimate of drug-likeness (QED) is 0.788. The van der Waals surface area contributed by atoms with Gasteiger partial charge in [0.1, 0.15) is 0 Å². The van der Waals surface area contributed by atoms with E-state index in [-0.39, 0.29) is 22.3 Å². The molecule has 92 valence electrons. The highest BCUT2D eigenvalue weighted by Crippen LogP contribution is 2.28. The van der Waals surface area contributed by atoms with Crippen LogP contribution in [0.25, 0.3) is 0 Å². The zero-order valence-corrected chi connectivity index (χ0v) is 10.4. The molecule has 0 unspecified atom stereocenters. The van der Waals surface area contributed by atoms with Crippen molar-refractivity contribution in [2.45, 2.75) is 12.8 Å².